The first-order valence-electron chi connectivity index (χ1n) is 5.00. The molecule has 82 valence electrons. The van der Waals surface area contributed by atoms with Crippen LogP contribution < -0.4 is 0 Å². The molecule has 0 atom stereocenters. The molecular weight excluding hydrogens is 206 g/mol. The summed E-state index contributed by atoms with van der Waals surface area (Å²) >= 11 is 1.69. The Hall–Kier alpha value is -1.09. The second-order valence-electron chi connectivity index (χ2n) is 3.75. The molecule has 2 nitrogen and oxygen atoms in total. The molecular formula is C12H17NOS. The SMILES string of the molecule is CC(C)=C(N=COC(C)C)c1cccs1. The van der Waals surface area contributed by atoms with Gasteiger partial charge in [-0.05, 0) is 44.7 Å². The third kappa shape index (κ3) is 3.88. The molecule has 0 bridgehead atoms. The van der Waals surface area contributed by atoms with Crippen molar-refractivity contribution in [1.29, 1.82) is 0 Å². The summed E-state index contributed by atoms with van der Waals surface area (Å²) in [6.45, 7) is 8.09. The van der Waals surface area contributed by atoms with Crippen molar-refractivity contribution >= 4 is 23.4 Å². The number of hydrogen-bond donors (Lipinski definition) is 0. The number of ether oxygens (including phenoxy) is 1. The van der Waals surface area contributed by atoms with Gasteiger partial charge in [-0.2, -0.15) is 0 Å². The summed E-state index contributed by atoms with van der Waals surface area (Å²) in [5.74, 6) is 0. The molecule has 0 aliphatic carbocycles. The molecule has 3 heteroatoms. The van der Waals surface area contributed by atoms with Gasteiger partial charge in [-0.25, -0.2) is 4.99 Å². The number of nitrogens with zero attached hydrogens (tertiary/aromatic N) is 1. The van der Waals surface area contributed by atoms with Gasteiger partial charge >= 0.3 is 0 Å². The maximum absolute atomic E-state index is 5.30. The average molecular weight is 223 g/mol. The fourth-order valence-corrected chi connectivity index (χ4v) is 1.89. The lowest BCUT2D eigenvalue weighted by Gasteiger charge is -2.04. The second kappa shape index (κ2) is 5.71. The van der Waals surface area contributed by atoms with Gasteiger partial charge in [0.2, 0.25) is 0 Å². The van der Waals surface area contributed by atoms with Crippen LogP contribution in [0.25, 0.3) is 5.70 Å². The molecule has 0 saturated heterocycles. The average Bonchev–Trinajstić information content (AvgIpc) is 2.63. The van der Waals surface area contributed by atoms with Crippen molar-refractivity contribution in [3.8, 4) is 0 Å². The molecule has 0 aliphatic rings. The zero-order valence-electron chi connectivity index (χ0n) is 9.65. The third-order valence-electron chi connectivity index (χ3n) is 1.74. The van der Waals surface area contributed by atoms with E-state index < -0.39 is 0 Å². The van der Waals surface area contributed by atoms with E-state index in [2.05, 4.69) is 30.3 Å². The van der Waals surface area contributed by atoms with Crippen LogP contribution in [-0.4, -0.2) is 12.5 Å². The maximum atomic E-state index is 5.30. The summed E-state index contributed by atoms with van der Waals surface area (Å²) in [7, 11) is 0. The Labute approximate surface area is 95.3 Å². The zero-order valence-corrected chi connectivity index (χ0v) is 10.5. The van der Waals surface area contributed by atoms with Crippen molar-refractivity contribution < 1.29 is 4.74 Å². The van der Waals surface area contributed by atoms with Crippen LogP contribution >= 0.6 is 11.3 Å². The standard InChI is InChI=1S/C12H17NOS/c1-9(2)12(11-6-5-7-15-11)13-8-14-10(3)4/h5-8,10H,1-4H3. The molecule has 1 aromatic heterocycles. The summed E-state index contributed by atoms with van der Waals surface area (Å²) in [6, 6.07) is 4.10. The quantitative estimate of drug-likeness (QED) is 0.559. The van der Waals surface area contributed by atoms with E-state index >= 15 is 0 Å². The van der Waals surface area contributed by atoms with E-state index in [0.717, 1.165) is 5.70 Å². The minimum absolute atomic E-state index is 0.176. The van der Waals surface area contributed by atoms with E-state index in [1.165, 1.54) is 16.9 Å². The van der Waals surface area contributed by atoms with Gasteiger partial charge < -0.3 is 4.74 Å². The van der Waals surface area contributed by atoms with Crippen molar-refractivity contribution in [2.75, 3.05) is 0 Å². The van der Waals surface area contributed by atoms with Gasteiger partial charge in [-0.1, -0.05) is 6.07 Å². The number of allylic oxidation sites excluding steroid dienone is 1. The molecule has 0 spiro atoms. The molecule has 1 rings (SSSR count). The number of hydrogen-bond acceptors (Lipinski definition) is 3. The summed E-state index contributed by atoms with van der Waals surface area (Å²) in [5, 5.41) is 2.05. The van der Waals surface area contributed by atoms with Crippen molar-refractivity contribution in [2.24, 2.45) is 4.99 Å². The first-order valence-corrected chi connectivity index (χ1v) is 5.88. The molecule has 15 heavy (non-hydrogen) atoms. The highest BCUT2D eigenvalue weighted by Gasteiger charge is 2.02. The van der Waals surface area contributed by atoms with Crippen LogP contribution in [0.2, 0.25) is 0 Å². The highest BCUT2D eigenvalue weighted by molar-refractivity contribution is 7.11. The molecule has 0 aliphatic heterocycles. The van der Waals surface area contributed by atoms with Crippen LogP contribution in [-0.2, 0) is 4.74 Å². The smallest absolute Gasteiger partial charge is 0.174 e. The summed E-state index contributed by atoms with van der Waals surface area (Å²) in [5.41, 5.74) is 2.20. The largest absolute Gasteiger partial charge is 0.481 e. The highest BCUT2D eigenvalue weighted by atomic mass is 32.1. The van der Waals surface area contributed by atoms with E-state index in [4.69, 9.17) is 4.74 Å². The molecule has 0 fully saturated rings. The second-order valence-corrected chi connectivity index (χ2v) is 4.69. The van der Waals surface area contributed by atoms with Crippen LogP contribution in [0, 0.1) is 0 Å². The van der Waals surface area contributed by atoms with Crippen LogP contribution in [0.15, 0.2) is 28.1 Å². The number of rotatable bonds is 4. The number of aliphatic imine (C=N–C) groups is 1. The summed E-state index contributed by atoms with van der Waals surface area (Å²) < 4.78 is 5.30. The molecule has 0 N–H and O–H groups in total. The Balaban J connectivity index is 2.79. The predicted molar refractivity (Wildman–Crippen MR) is 67.3 cm³/mol. The van der Waals surface area contributed by atoms with Gasteiger partial charge in [0.1, 0.15) is 0 Å². The van der Waals surface area contributed by atoms with E-state index in [9.17, 15) is 0 Å². The lowest BCUT2D eigenvalue weighted by Crippen LogP contribution is -1.99. The van der Waals surface area contributed by atoms with Gasteiger partial charge in [-0.3, -0.25) is 0 Å². The lowest BCUT2D eigenvalue weighted by atomic mass is 10.2. The summed E-state index contributed by atoms with van der Waals surface area (Å²) in [4.78, 5) is 5.53. The van der Waals surface area contributed by atoms with E-state index in [-0.39, 0.29) is 6.10 Å². The highest BCUT2D eigenvalue weighted by Crippen LogP contribution is 2.24. The van der Waals surface area contributed by atoms with Gasteiger partial charge in [0.15, 0.2) is 6.40 Å². The van der Waals surface area contributed by atoms with Gasteiger partial charge in [0.05, 0.1) is 16.7 Å². The van der Waals surface area contributed by atoms with Crippen molar-refractivity contribution in [3.05, 3.63) is 28.0 Å². The molecule has 0 amide bonds. The normalized spacial score (nSPS) is 11.0. The van der Waals surface area contributed by atoms with Crippen LogP contribution in [0.5, 0.6) is 0 Å². The van der Waals surface area contributed by atoms with Crippen LogP contribution in [0.1, 0.15) is 32.6 Å². The van der Waals surface area contributed by atoms with E-state index in [0.29, 0.717) is 0 Å². The van der Waals surface area contributed by atoms with Gasteiger partial charge in [0, 0.05) is 0 Å². The first-order chi connectivity index (χ1) is 7.11. The molecule has 1 heterocycles. The zero-order chi connectivity index (χ0) is 11.3. The first kappa shape index (κ1) is 12.0. The Morgan fingerprint density at radius 1 is 1.47 bits per heavy atom. The molecule has 0 unspecified atom stereocenters. The molecule has 0 aromatic carbocycles. The topological polar surface area (TPSA) is 21.6 Å². The predicted octanol–water partition coefficient (Wildman–Crippen LogP) is 3.95. The third-order valence-corrected chi connectivity index (χ3v) is 2.62. The Kier molecular flexibility index (Phi) is 4.56. The maximum Gasteiger partial charge on any atom is 0.174 e. The Bertz CT molecular complexity index is 346. The fraction of sp³-hybridized carbons (Fsp3) is 0.417. The Morgan fingerprint density at radius 2 is 2.20 bits per heavy atom. The number of thiophene rings is 1. The van der Waals surface area contributed by atoms with Crippen molar-refractivity contribution in [1.82, 2.24) is 0 Å². The minimum atomic E-state index is 0.176. The fourth-order valence-electron chi connectivity index (χ4n) is 1.06. The van der Waals surface area contributed by atoms with Crippen LogP contribution in [0.3, 0.4) is 0 Å². The lowest BCUT2D eigenvalue weighted by molar-refractivity contribution is 0.241. The Morgan fingerprint density at radius 3 is 2.67 bits per heavy atom. The van der Waals surface area contributed by atoms with E-state index in [1.807, 2.05) is 19.9 Å². The van der Waals surface area contributed by atoms with Crippen molar-refractivity contribution in [3.63, 3.8) is 0 Å². The molecule has 0 saturated carbocycles. The van der Waals surface area contributed by atoms with Crippen molar-refractivity contribution in [2.45, 2.75) is 33.8 Å². The van der Waals surface area contributed by atoms with Gasteiger partial charge in [0.25, 0.3) is 0 Å². The van der Waals surface area contributed by atoms with E-state index in [1.54, 1.807) is 11.3 Å². The molecule has 1 aromatic rings. The summed E-state index contributed by atoms with van der Waals surface area (Å²) in [6.07, 6.45) is 1.71. The van der Waals surface area contributed by atoms with Gasteiger partial charge in [-0.15, -0.1) is 11.3 Å². The monoisotopic (exact) mass is 223 g/mol. The minimum Gasteiger partial charge on any atom is -0.481 e. The van der Waals surface area contributed by atoms with Crippen LogP contribution in [0.4, 0.5) is 0 Å². The molecule has 0 radical (unpaired) electrons.